The summed E-state index contributed by atoms with van der Waals surface area (Å²) in [5.41, 5.74) is 9.98. The lowest BCUT2D eigenvalue weighted by Crippen LogP contribution is -2.37. The van der Waals surface area contributed by atoms with Crippen molar-refractivity contribution >= 4 is 10.9 Å². The van der Waals surface area contributed by atoms with Crippen LogP contribution in [0.1, 0.15) is 30.9 Å². The van der Waals surface area contributed by atoms with Crippen LogP contribution >= 0.6 is 0 Å². The number of aryl methyl sites for hydroxylation is 1. The zero-order valence-corrected chi connectivity index (χ0v) is 12.4. The van der Waals surface area contributed by atoms with E-state index in [1.807, 2.05) is 0 Å². The molecular formula is C17H25N3. The number of nitrogens with two attached hydrogens (primary N) is 1. The van der Waals surface area contributed by atoms with Crippen LogP contribution < -0.4 is 5.73 Å². The summed E-state index contributed by atoms with van der Waals surface area (Å²) in [6.07, 6.45) is 5.84. The summed E-state index contributed by atoms with van der Waals surface area (Å²) in [5, 5.41) is 1.39. The third-order valence-corrected chi connectivity index (χ3v) is 4.60. The van der Waals surface area contributed by atoms with E-state index in [2.05, 4.69) is 41.2 Å². The molecule has 3 N–H and O–H groups in total. The topological polar surface area (TPSA) is 45.0 Å². The van der Waals surface area contributed by atoms with Gasteiger partial charge in [-0.05, 0) is 49.4 Å². The molecule has 0 saturated carbocycles. The van der Waals surface area contributed by atoms with Crippen molar-refractivity contribution in [2.24, 2.45) is 11.7 Å². The Morgan fingerprint density at radius 1 is 1.35 bits per heavy atom. The Hall–Kier alpha value is -1.32. The summed E-state index contributed by atoms with van der Waals surface area (Å²) in [6, 6.07) is 6.63. The number of hydrogen-bond donors (Lipinski definition) is 2. The molecule has 2 aromatic rings. The second-order valence-corrected chi connectivity index (χ2v) is 5.99. The van der Waals surface area contributed by atoms with Crippen LogP contribution in [-0.4, -0.2) is 29.5 Å². The maximum Gasteiger partial charge on any atom is 0.0489 e. The average molecular weight is 271 g/mol. The van der Waals surface area contributed by atoms with Crippen molar-refractivity contribution in [3.63, 3.8) is 0 Å². The third-order valence-electron chi connectivity index (χ3n) is 4.60. The van der Waals surface area contributed by atoms with Gasteiger partial charge in [-0.15, -0.1) is 0 Å². The van der Waals surface area contributed by atoms with Crippen molar-refractivity contribution in [2.75, 3.05) is 19.6 Å². The fourth-order valence-corrected chi connectivity index (χ4v) is 3.43. The molecule has 0 bridgehead atoms. The van der Waals surface area contributed by atoms with Crippen LogP contribution in [0.3, 0.4) is 0 Å². The summed E-state index contributed by atoms with van der Waals surface area (Å²) >= 11 is 0. The van der Waals surface area contributed by atoms with E-state index < -0.39 is 0 Å². The van der Waals surface area contributed by atoms with E-state index in [9.17, 15) is 0 Å². The number of para-hydroxylation sites is 1. The van der Waals surface area contributed by atoms with E-state index >= 15 is 0 Å². The SMILES string of the molecule is CCc1cccc2c(CN3CCCC(CN)C3)c[nH]c12. The quantitative estimate of drug-likeness (QED) is 0.898. The van der Waals surface area contributed by atoms with Crippen molar-refractivity contribution in [2.45, 2.75) is 32.7 Å². The van der Waals surface area contributed by atoms with Gasteiger partial charge in [0.15, 0.2) is 0 Å². The summed E-state index contributed by atoms with van der Waals surface area (Å²) in [7, 11) is 0. The molecule has 1 aliphatic heterocycles. The Morgan fingerprint density at radius 3 is 3.05 bits per heavy atom. The van der Waals surface area contributed by atoms with Gasteiger partial charge in [0, 0.05) is 30.2 Å². The molecule has 0 amide bonds. The molecule has 1 atom stereocenters. The lowest BCUT2D eigenvalue weighted by molar-refractivity contribution is 0.171. The van der Waals surface area contributed by atoms with Crippen LogP contribution in [0.4, 0.5) is 0 Å². The number of aromatic nitrogens is 1. The Labute approximate surface area is 121 Å². The first-order valence-corrected chi connectivity index (χ1v) is 7.82. The number of aromatic amines is 1. The highest BCUT2D eigenvalue weighted by molar-refractivity contribution is 5.86. The van der Waals surface area contributed by atoms with Gasteiger partial charge >= 0.3 is 0 Å². The van der Waals surface area contributed by atoms with Crippen molar-refractivity contribution < 1.29 is 0 Å². The molecule has 1 aromatic heterocycles. The highest BCUT2D eigenvalue weighted by Gasteiger charge is 2.19. The normalized spacial score (nSPS) is 20.6. The van der Waals surface area contributed by atoms with E-state index in [0.717, 1.165) is 26.1 Å². The lowest BCUT2D eigenvalue weighted by atomic mass is 9.97. The summed E-state index contributed by atoms with van der Waals surface area (Å²) in [4.78, 5) is 6.03. The smallest absolute Gasteiger partial charge is 0.0489 e. The van der Waals surface area contributed by atoms with Gasteiger partial charge in [-0.2, -0.15) is 0 Å². The summed E-state index contributed by atoms with van der Waals surface area (Å²) < 4.78 is 0. The number of likely N-dealkylation sites (tertiary alicyclic amines) is 1. The van der Waals surface area contributed by atoms with Crippen molar-refractivity contribution in [3.8, 4) is 0 Å². The van der Waals surface area contributed by atoms with Crippen LogP contribution in [0, 0.1) is 5.92 Å². The van der Waals surface area contributed by atoms with Gasteiger partial charge in [0.2, 0.25) is 0 Å². The van der Waals surface area contributed by atoms with Crippen molar-refractivity contribution in [1.29, 1.82) is 0 Å². The molecule has 108 valence electrons. The van der Waals surface area contributed by atoms with Crippen LogP contribution in [-0.2, 0) is 13.0 Å². The lowest BCUT2D eigenvalue weighted by Gasteiger charge is -2.31. The Morgan fingerprint density at radius 2 is 2.25 bits per heavy atom. The molecular weight excluding hydrogens is 246 g/mol. The first-order valence-electron chi connectivity index (χ1n) is 7.82. The molecule has 1 fully saturated rings. The minimum Gasteiger partial charge on any atom is -0.361 e. The van der Waals surface area contributed by atoms with Gasteiger partial charge in [0.1, 0.15) is 0 Å². The molecule has 3 nitrogen and oxygen atoms in total. The van der Waals surface area contributed by atoms with Crippen LogP contribution in [0.15, 0.2) is 24.4 Å². The molecule has 20 heavy (non-hydrogen) atoms. The molecule has 3 heteroatoms. The van der Waals surface area contributed by atoms with Crippen LogP contribution in [0.5, 0.6) is 0 Å². The van der Waals surface area contributed by atoms with Crippen LogP contribution in [0.25, 0.3) is 10.9 Å². The Balaban J connectivity index is 1.81. The van der Waals surface area contributed by atoms with E-state index in [4.69, 9.17) is 5.73 Å². The minimum atomic E-state index is 0.681. The van der Waals surface area contributed by atoms with Gasteiger partial charge in [-0.25, -0.2) is 0 Å². The molecule has 1 aromatic carbocycles. The van der Waals surface area contributed by atoms with Crippen molar-refractivity contribution in [1.82, 2.24) is 9.88 Å². The van der Waals surface area contributed by atoms with Gasteiger partial charge in [-0.3, -0.25) is 4.90 Å². The first kappa shape index (κ1) is 13.7. The molecule has 0 spiro atoms. The number of nitrogens with zero attached hydrogens (tertiary/aromatic N) is 1. The zero-order chi connectivity index (χ0) is 13.9. The fourth-order valence-electron chi connectivity index (χ4n) is 3.43. The Kier molecular flexibility index (Phi) is 4.08. The first-order chi connectivity index (χ1) is 9.81. The number of fused-ring (bicyclic) bond motifs is 1. The number of benzene rings is 1. The van der Waals surface area contributed by atoms with Gasteiger partial charge in [0.25, 0.3) is 0 Å². The number of piperidine rings is 1. The average Bonchev–Trinajstić information content (AvgIpc) is 2.90. The number of H-pyrrole nitrogens is 1. The van der Waals surface area contributed by atoms with Crippen LogP contribution in [0.2, 0.25) is 0 Å². The predicted molar refractivity (Wildman–Crippen MR) is 84.7 cm³/mol. The molecule has 1 aliphatic rings. The maximum absolute atomic E-state index is 5.83. The van der Waals surface area contributed by atoms with Gasteiger partial charge in [0.05, 0.1) is 0 Å². The second kappa shape index (κ2) is 5.98. The predicted octanol–water partition coefficient (Wildman–Crippen LogP) is 2.90. The largest absolute Gasteiger partial charge is 0.361 e. The maximum atomic E-state index is 5.83. The van der Waals surface area contributed by atoms with Gasteiger partial charge < -0.3 is 10.7 Å². The molecule has 1 saturated heterocycles. The third kappa shape index (κ3) is 2.60. The number of rotatable bonds is 4. The highest BCUT2D eigenvalue weighted by atomic mass is 15.1. The second-order valence-electron chi connectivity index (χ2n) is 5.99. The fraction of sp³-hybridized carbons (Fsp3) is 0.529. The minimum absolute atomic E-state index is 0.681. The van der Waals surface area contributed by atoms with Gasteiger partial charge in [-0.1, -0.05) is 25.1 Å². The summed E-state index contributed by atoms with van der Waals surface area (Å²) in [6.45, 7) is 6.44. The molecule has 3 rings (SSSR count). The standard InChI is InChI=1S/C17H25N3/c1-2-14-6-3-7-16-15(10-19-17(14)16)12-20-8-4-5-13(9-18)11-20/h3,6-7,10,13,19H,2,4-5,8-9,11-12,18H2,1H3. The number of hydrogen-bond acceptors (Lipinski definition) is 2. The molecule has 1 unspecified atom stereocenters. The zero-order valence-electron chi connectivity index (χ0n) is 12.4. The van der Waals surface area contributed by atoms with E-state index in [1.54, 1.807) is 0 Å². The van der Waals surface area contributed by atoms with E-state index in [-0.39, 0.29) is 0 Å². The molecule has 2 heterocycles. The molecule has 0 aliphatic carbocycles. The highest BCUT2D eigenvalue weighted by Crippen LogP contribution is 2.25. The van der Waals surface area contributed by atoms with E-state index in [1.165, 1.54) is 41.4 Å². The van der Waals surface area contributed by atoms with Crippen molar-refractivity contribution in [3.05, 3.63) is 35.5 Å². The summed E-state index contributed by atoms with van der Waals surface area (Å²) in [5.74, 6) is 0.681. The Bertz CT molecular complexity index is 573. The van der Waals surface area contributed by atoms with E-state index in [0.29, 0.717) is 5.92 Å². The molecule has 0 radical (unpaired) electrons. The number of nitrogens with one attached hydrogen (secondary N) is 1. The monoisotopic (exact) mass is 271 g/mol.